The Hall–Kier alpha value is -1.26. The molecule has 0 fully saturated rings. The van der Waals surface area contributed by atoms with Crippen molar-refractivity contribution in [3.8, 4) is 0 Å². The van der Waals surface area contributed by atoms with Gasteiger partial charge < -0.3 is 4.74 Å². The number of carbonyl (C=O) groups excluding carboxylic acids is 2. The van der Waals surface area contributed by atoms with E-state index in [9.17, 15) is 9.59 Å². The highest BCUT2D eigenvalue weighted by Gasteiger charge is 2.08. The first-order valence-corrected chi connectivity index (χ1v) is 6.91. The molecule has 5 heteroatoms. The molecule has 0 aliphatic heterocycles. The van der Waals surface area contributed by atoms with E-state index in [0.717, 1.165) is 17.0 Å². The summed E-state index contributed by atoms with van der Waals surface area (Å²) in [4.78, 5) is 23.8. The second kappa shape index (κ2) is 7.24. The third-order valence-electron chi connectivity index (χ3n) is 2.10. The van der Waals surface area contributed by atoms with Crippen LogP contribution in [0.4, 0.5) is 0 Å². The van der Waals surface area contributed by atoms with E-state index < -0.39 is 5.97 Å². The van der Waals surface area contributed by atoms with Crippen molar-refractivity contribution >= 4 is 35.1 Å². The van der Waals surface area contributed by atoms with Crippen LogP contribution in [-0.4, -0.2) is 24.6 Å². The van der Waals surface area contributed by atoms with Crippen LogP contribution in [0.1, 0.15) is 17.3 Å². The Kier molecular flexibility index (Phi) is 5.95. The summed E-state index contributed by atoms with van der Waals surface area (Å²) in [7, 11) is 0. The van der Waals surface area contributed by atoms with Gasteiger partial charge in [-0.3, -0.25) is 4.79 Å². The van der Waals surface area contributed by atoms with E-state index >= 15 is 0 Å². The van der Waals surface area contributed by atoms with Gasteiger partial charge in [0.05, 0.1) is 11.6 Å². The summed E-state index contributed by atoms with van der Waals surface area (Å²) >= 11 is 7.54. The molecule has 0 bridgehead atoms. The monoisotopic (exact) mass is 284 g/mol. The zero-order valence-electron chi connectivity index (χ0n) is 10.1. The van der Waals surface area contributed by atoms with Gasteiger partial charge in [-0.05, 0) is 37.5 Å². The maximum absolute atomic E-state index is 11.8. The highest BCUT2D eigenvalue weighted by atomic mass is 35.5. The first-order valence-electron chi connectivity index (χ1n) is 5.31. The van der Waals surface area contributed by atoms with Crippen LogP contribution >= 0.6 is 23.4 Å². The summed E-state index contributed by atoms with van der Waals surface area (Å²) < 4.78 is 4.68. The molecule has 0 aromatic heterocycles. The van der Waals surface area contributed by atoms with E-state index in [-0.39, 0.29) is 12.4 Å². The maximum Gasteiger partial charge on any atom is 0.330 e. The number of hydrogen-bond acceptors (Lipinski definition) is 4. The molecule has 0 N–H and O–H groups in total. The molecule has 1 aromatic rings. The number of halogens is 1. The lowest BCUT2D eigenvalue weighted by molar-refractivity contribution is -0.137. The number of esters is 1. The second-order valence-electron chi connectivity index (χ2n) is 3.30. The molecule has 0 spiro atoms. The van der Waals surface area contributed by atoms with Gasteiger partial charge in [-0.25, -0.2) is 4.79 Å². The third kappa shape index (κ3) is 4.20. The molecule has 0 saturated heterocycles. The predicted molar refractivity (Wildman–Crippen MR) is 73.3 cm³/mol. The van der Waals surface area contributed by atoms with Crippen LogP contribution in [0.15, 0.2) is 35.2 Å². The summed E-state index contributed by atoms with van der Waals surface area (Å²) in [6, 6.07) is 5.17. The summed E-state index contributed by atoms with van der Waals surface area (Å²) in [5, 5.41) is 0.375. The summed E-state index contributed by atoms with van der Waals surface area (Å²) in [5.41, 5.74) is 0.370. The van der Waals surface area contributed by atoms with Crippen molar-refractivity contribution < 1.29 is 14.3 Å². The average molecular weight is 285 g/mol. The molecular weight excluding hydrogens is 272 g/mol. The SMILES string of the molecule is CCOC(=O)C=CC(=O)c1ccc(SC)cc1Cl. The van der Waals surface area contributed by atoms with Crippen molar-refractivity contribution in [3.05, 3.63) is 40.9 Å². The van der Waals surface area contributed by atoms with Crippen LogP contribution in [0, 0.1) is 0 Å². The van der Waals surface area contributed by atoms with Crippen LogP contribution in [0.25, 0.3) is 0 Å². The summed E-state index contributed by atoms with van der Waals surface area (Å²) in [5.74, 6) is -0.858. The lowest BCUT2D eigenvalue weighted by atomic mass is 10.1. The maximum atomic E-state index is 11.8. The van der Waals surface area contributed by atoms with E-state index in [0.29, 0.717) is 10.6 Å². The van der Waals surface area contributed by atoms with Crippen molar-refractivity contribution in [3.63, 3.8) is 0 Å². The Balaban J connectivity index is 2.81. The number of rotatable bonds is 5. The molecule has 0 aliphatic carbocycles. The smallest absolute Gasteiger partial charge is 0.330 e. The van der Waals surface area contributed by atoms with Gasteiger partial charge in [0.25, 0.3) is 0 Å². The van der Waals surface area contributed by atoms with Crippen LogP contribution in [0.2, 0.25) is 5.02 Å². The summed E-state index contributed by atoms with van der Waals surface area (Å²) in [6.45, 7) is 1.98. The standard InChI is InChI=1S/C13H13ClO3S/c1-3-17-13(16)7-6-12(15)10-5-4-9(18-2)8-11(10)14/h4-8H,3H2,1-2H3. The number of ether oxygens (including phenoxy) is 1. The van der Waals surface area contributed by atoms with Crippen LogP contribution in [0.5, 0.6) is 0 Å². The van der Waals surface area contributed by atoms with Crippen molar-refractivity contribution in [1.82, 2.24) is 0 Å². The molecule has 3 nitrogen and oxygen atoms in total. The highest BCUT2D eigenvalue weighted by molar-refractivity contribution is 7.98. The van der Waals surface area contributed by atoms with Crippen LogP contribution < -0.4 is 0 Å². The molecule has 18 heavy (non-hydrogen) atoms. The van der Waals surface area contributed by atoms with E-state index in [1.54, 1.807) is 30.8 Å². The van der Waals surface area contributed by atoms with Crippen LogP contribution in [0.3, 0.4) is 0 Å². The predicted octanol–water partition coefficient (Wildman–Crippen LogP) is 3.36. The molecule has 0 unspecified atom stereocenters. The van der Waals surface area contributed by atoms with Gasteiger partial charge >= 0.3 is 5.97 Å². The molecular formula is C13H13ClO3S. The zero-order chi connectivity index (χ0) is 13.5. The number of thioether (sulfide) groups is 1. The highest BCUT2D eigenvalue weighted by Crippen LogP contribution is 2.23. The van der Waals surface area contributed by atoms with Gasteiger partial charge in [-0.1, -0.05) is 11.6 Å². The molecule has 96 valence electrons. The van der Waals surface area contributed by atoms with Crippen molar-refractivity contribution in [1.29, 1.82) is 0 Å². The molecule has 0 amide bonds. The van der Waals surface area contributed by atoms with Crippen molar-refractivity contribution in [2.24, 2.45) is 0 Å². The number of benzene rings is 1. The first-order chi connectivity index (χ1) is 8.58. The second-order valence-corrected chi connectivity index (χ2v) is 4.58. The number of carbonyl (C=O) groups is 2. The minimum Gasteiger partial charge on any atom is -0.463 e. The van der Waals surface area contributed by atoms with Gasteiger partial charge in [0.15, 0.2) is 5.78 Å². The van der Waals surface area contributed by atoms with Crippen molar-refractivity contribution in [2.45, 2.75) is 11.8 Å². The Labute approximate surface area is 115 Å². The average Bonchev–Trinajstić information content (AvgIpc) is 2.36. The number of ketones is 1. The van der Waals surface area contributed by atoms with Gasteiger partial charge in [0.2, 0.25) is 0 Å². The largest absolute Gasteiger partial charge is 0.463 e. The lowest BCUT2D eigenvalue weighted by Gasteiger charge is -2.02. The summed E-state index contributed by atoms with van der Waals surface area (Å²) in [6.07, 6.45) is 4.19. The quantitative estimate of drug-likeness (QED) is 0.360. The van der Waals surface area contributed by atoms with E-state index in [2.05, 4.69) is 4.74 Å². The third-order valence-corrected chi connectivity index (χ3v) is 3.14. The topological polar surface area (TPSA) is 43.4 Å². The Morgan fingerprint density at radius 1 is 1.39 bits per heavy atom. The van der Waals surface area contributed by atoms with Gasteiger partial charge in [-0.15, -0.1) is 11.8 Å². The molecule has 0 saturated carbocycles. The molecule has 1 rings (SSSR count). The number of allylic oxidation sites excluding steroid dienone is 1. The Bertz CT molecular complexity index is 483. The zero-order valence-corrected chi connectivity index (χ0v) is 11.7. The minimum atomic E-state index is -0.539. The van der Waals surface area contributed by atoms with Crippen LogP contribution in [-0.2, 0) is 9.53 Å². The fourth-order valence-electron chi connectivity index (χ4n) is 1.25. The fourth-order valence-corrected chi connectivity index (χ4v) is 2.02. The minimum absolute atomic E-state index is 0.278. The van der Waals surface area contributed by atoms with Gasteiger partial charge in [-0.2, -0.15) is 0 Å². The lowest BCUT2D eigenvalue weighted by Crippen LogP contribution is -2.02. The first kappa shape index (κ1) is 14.8. The fraction of sp³-hybridized carbons (Fsp3) is 0.231. The Morgan fingerprint density at radius 2 is 2.11 bits per heavy atom. The normalized spacial score (nSPS) is 10.6. The molecule has 0 radical (unpaired) electrons. The van der Waals surface area contributed by atoms with E-state index in [4.69, 9.17) is 11.6 Å². The molecule has 0 heterocycles. The Morgan fingerprint density at radius 3 is 2.67 bits per heavy atom. The molecule has 0 atom stereocenters. The van der Waals surface area contributed by atoms with Gasteiger partial charge in [0.1, 0.15) is 0 Å². The van der Waals surface area contributed by atoms with Crippen molar-refractivity contribution in [2.75, 3.05) is 12.9 Å². The molecule has 1 aromatic carbocycles. The van der Waals surface area contributed by atoms with Gasteiger partial charge in [0, 0.05) is 16.5 Å². The van der Waals surface area contributed by atoms with E-state index in [1.165, 1.54) is 0 Å². The van der Waals surface area contributed by atoms with E-state index in [1.807, 2.05) is 12.3 Å². The number of hydrogen-bond donors (Lipinski definition) is 0. The molecule has 0 aliphatic rings.